The van der Waals surface area contributed by atoms with Gasteiger partial charge in [-0.05, 0) is 6.07 Å². The summed E-state index contributed by atoms with van der Waals surface area (Å²) in [5.41, 5.74) is 4.79. The summed E-state index contributed by atoms with van der Waals surface area (Å²) in [5, 5.41) is 28.2. The van der Waals surface area contributed by atoms with Crippen molar-refractivity contribution in [2.75, 3.05) is 12.3 Å². The standard InChI is InChI=1S/C10H15N3O5.Na.3H3O4P.H/c11-7-1-2-13(10(17)12-7)3-5-8(15)9(16)6(4-14)18-5;;3*1-5(2,3)4;/h1-2,5-6,8-9,14-16H,3-4H2,(H2,11,12,17);;3*(H3,1,2,3,4);/q;+1;;;;-1/t5-,6+,8-,9+;;;;;/m0...../s1. The molecule has 4 atom stereocenters. The quantitative estimate of drug-likeness (QED) is 0.117. The number of ether oxygens (including phenoxy) is 1. The van der Waals surface area contributed by atoms with Crippen LogP contribution in [0.2, 0.25) is 0 Å². The van der Waals surface area contributed by atoms with Crippen molar-refractivity contribution in [1.29, 1.82) is 0 Å². The first kappa shape index (κ1) is 38.4. The summed E-state index contributed by atoms with van der Waals surface area (Å²) in [5.74, 6) is 0.109. The fraction of sp³-hybridized carbons (Fsp3) is 0.600. The van der Waals surface area contributed by atoms with Crippen LogP contribution in [0.25, 0.3) is 0 Å². The van der Waals surface area contributed by atoms with Gasteiger partial charge in [-0.1, -0.05) is 0 Å². The topological polar surface area (TPSA) is 364 Å². The van der Waals surface area contributed by atoms with Gasteiger partial charge in [-0.2, -0.15) is 4.98 Å². The molecule has 0 amide bonds. The van der Waals surface area contributed by atoms with E-state index in [0.29, 0.717) is 0 Å². The van der Waals surface area contributed by atoms with E-state index in [0.717, 1.165) is 0 Å². The van der Waals surface area contributed by atoms with Gasteiger partial charge in [0.1, 0.15) is 30.2 Å². The molecule has 2 rings (SSSR count). The summed E-state index contributed by atoms with van der Waals surface area (Å²) in [4.78, 5) is 79.7. The molecule has 1 aliphatic rings. The summed E-state index contributed by atoms with van der Waals surface area (Å²) in [6, 6.07) is 1.45. The van der Waals surface area contributed by atoms with E-state index in [1.165, 1.54) is 16.8 Å². The van der Waals surface area contributed by atoms with Gasteiger partial charge in [0.15, 0.2) is 0 Å². The van der Waals surface area contributed by atoms with Crippen LogP contribution in [-0.2, 0) is 25.0 Å². The predicted octanol–water partition coefficient (Wildman–Crippen LogP) is -8.36. The van der Waals surface area contributed by atoms with Crippen LogP contribution in [-0.4, -0.2) is 99.9 Å². The van der Waals surface area contributed by atoms with Crippen LogP contribution in [0.3, 0.4) is 0 Å². The van der Waals surface area contributed by atoms with E-state index in [1.54, 1.807) is 0 Å². The average molecular weight is 575 g/mol. The van der Waals surface area contributed by atoms with Crippen molar-refractivity contribution in [3.8, 4) is 0 Å². The number of aliphatic hydroxyl groups is 3. The Balaban J connectivity index is -0.000000235. The maximum absolute atomic E-state index is 11.5. The van der Waals surface area contributed by atoms with Gasteiger partial charge in [0.25, 0.3) is 0 Å². The van der Waals surface area contributed by atoms with E-state index in [-0.39, 0.29) is 43.3 Å². The maximum Gasteiger partial charge on any atom is 1.00 e. The molecule has 198 valence electrons. The molecule has 20 nitrogen and oxygen atoms in total. The molecule has 0 spiro atoms. The Morgan fingerprint density at radius 3 is 1.56 bits per heavy atom. The zero-order valence-electron chi connectivity index (χ0n) is 18.1. The van der Waals surface area contributed by atoms with Gasteiger partial charge < -0.3 is 71.3 Å². The number of nitrogens with two attached hydrogens (primary N) is 1. The Kier molecular flexibility index (Phi) is 18.7. The maximum atomic E-state index is 11.5. The molecule has 0 aromatic carbocycles. The molecule has 1 aliphatic heterocycles. The Bertz CT molecular complexity index is 849. The van der Waals surface area contributed by atoms with Crippen molar-refractivity contribution in [2.45, 2.75) is 31.0 Å². The Hall–Kier alpha value is -0.150. The predicted molar refractivity (Wildman–Crippen MR) is 105 cm³/mol. The van der Waals surface area contributed by atoms with E-state index in [1.807, 2.05) is 0 Å². The first-order chi connectivity index (χ1) is 14.5. The SMILES string of the molecule is Nc1ccn(C[C@@H]2O[C@H](CO)[C@@H](O)[C@H]2O)c(=O)n1.O=P(O)(O)O.O=P(O)(O)O.O=P(O)(O)O.[H-].[Na+]. The summed E-state index contributed by atoms with van der Waals surface area (Å²) in [6.07, 6.45) is -2.52. The third-order valence-electron chi connectivity index (χ3n) is 2.91. The smallest absolute Gasteiger partial charge is 1.00 e. The van der Waals surface area contributed by atoms with Gasteiger partial charge in [0.2, 0.25) is 0 Å². The average Bonchev–Trinajstić information content (AvgIpc) is 2.80. The number of hydrogen-bond donors (Lipinski definition) is 13. The number of hydrogen-bond acceptors (Lipinski definition) is 10. The third-order valence-corrected chi connectivity index (χ3v) is 2.91. The van der Waals surface area contributed by atoms with Crippen LogP contribution in [0, 0.1) is 0 Å². The van der Waals surface area contributed by atoms with Gasteiger partial charge in [0, 0.05) is 6.20 Å². The molecular formula is C10H25N3NaO17P3. The minimum Gasteiger partial charge on any atom is -1.00 e. The van der Waals surface area contributed by atoms with Crippen molar-refractivity contribution in [3.63, 3.8) is 0 Å². The molecule has 24 heteroatoms. The number of aromatic nitrogens is 2. The summed E-state index contributed by atoms with van der Waals surface area (Å²) < 4.78 is 33.1. The van der Waals surface area contributed by atoms with E-state index < -0.39 is 60.2 Å². The summed E-state index contributed by atoms with van der Waals surface area (Å²) in [7, 11) is -13.9. The van der Waals surface area contributed by atoms with E-state index in [9.17, 15) is 15.0 Å². The second kappa shape index (κ2) is 16.6. The van der Waals surface area contributed by atoms with Crippen LogP contribution in [0.15, 0.2) is 17.1 Å². The molecule has 14 N–H and O–H groups in total. The Morgan fingerprint density at radius 2 is 1.26 bits per heavy atom. The van der Waals surface area contributed by atoms with Gasteiger partial charge in [-0.15, -0.1) is 0 Å². The fourth-order valence-electron chi connectivity index (χ4n) is 1.90. The molecule has 0 aliphatic carbocycles. The summed E-state index contributed by atoms with van der Waals surface area (Å²) in [6.45, 7) is -0.371. The molecule has 34 heavy (non-hydrogen) atoms. The van der Waals surface area contributed by atoms with Crippen LogP contribution in [0.4, 0.5) is 5.82 Å². The largest absolute Gasteiger partial charge is 1.00 e. The second-order valence-electron chi connectivity index (χ2n) is 5.70. The second-order valence-corrected chi connectivity index (χ2v) is 8.78. The number of phosphoric acid groups is 3. The van der Waals surface area contributed by atoms with Crippen molar-refractivity contribution < 1.29 is 109 Å². The van der Waals surface area contributed by atoms with Gasteiger partial charge in [-0.25, -0.2) is 18.5 Å². The number of nitrogens with zero attached hydrogens (tertiary/aromatic N) is 2. The zero-order valence-corrected chi connectivity index (χ0v) is 21.8. The normalized spacial score (nSPS) is 22.0. The van der Waals surface area contributed by atoms with Gasteiger partial charge in [-0.3, -0.25) is 4.57 Å². The first-order valence-corrected chi connectivity index (χ1v) is 12.5. The molecule has 0 radical (unpaired) electrons. The molecule has 1 fully saturated rings. The van der Waals surface area contributed by atoms with Gasteiger partial charge >= 0.3 is 58.7 Å². The third kappa shape index (κ3) is 25.0. The van der Waals surface area contributed by atoms with E-state index >= 15 is 0 Å². The first-order valence-electron chi connectivity index (χ1n) is 7.83. The number of aliphatic hydroxyl groups excluding tert-OH is 3. The Labute approximate surface area is 213 Å². The van der Waals surface area contributed by atoms with Crippen LogP contribution < -0.4 is 41.0 Å². The van der Waals surface area contributed by atoms with Crippen molar-refractivity contribution in [3.05, 3.63) is 22.7 Å². The summed E-state index contributed by atoms with van der Waals surface area (Å²) >= 11 is 0. The molecular weight excluding hydrogens is 550 g/mol. The van der Waals surface area contributed by atoms with E-state index in [2.05, 4.69) is 4.98 Å². The Morgan fingerprint density at radius 1 is 0.912 bits per heavy atom. The van der Waals surface area contributed by atoms with Crippen molar-refractivity contribution in [1.82, 2.24) is 9.55 Å². The monoisotopic (exact) mass is 575 g/mol. The van der Waals surface area contributed by atoms with Crippen LogP contribution in [0.5, 0.6) is 0 Å². The number of nitrogen functional groups attached to an aromatic ring is 1. The van der Waals surface area contributed by atoms with Crippen LogP contribution >= 0.6 is 23.5 Å². The molecule has 1 saturated heterocycles. The molecule has 0 bridgehead atoms. The van der Waals surface area contributed by atoms with Crippen LogP contribution in [0.1, 0.15) is 1.43 Å². The van der Waals surface area contributed by atoms with Crippen molar-refractivity contribution >= 4 is 29.3 Å². The molecule has 0 unspecified atom stereocenters. The fourth-order valence-corrected chi connectivity index (χ4v) is 1.90. The minimum absolute atomic E-state index is 0. The zero-order chi connectivity index (χ0) is 26.8. The minimum atomic E-state index is -4.64. The van der Waals surface area contributed by atoms with Crippen molar-refractivity contribution in [2.24, 2.45) is 0 Å². The molecule has 1 aromatic heterocycles. The number of rotatable bonds is 3. The van der Waals surface area contributed by atoms with E-state index in [4.69, 9.17) is 73.3 Å². The molecule has 0 saturated carbocycles. The number of anilines is 1. The molecule has 1 aromatic rings. The molecule has 2 heterocycles. The van der Waals surface area contributed by atoms with Gasteiger partial charge in [0.05, 0.1) is 13.2 Å².